The van der Waals surface area contributed by atoms with Crippen molar-refractivity contribution in [3.8, 4) is 0 Å². The molecule has 0 spiro atoms. The van der Waals surface area contributed by atoms with Crippen LogP contribution in [0.3, 0.4) is 0 Å². The normalized spacial score (nSPS) is 11.4. The minimum absolute atomic E-state index is 0.561. The monoisotopic (exact) mass is 362 g/mol. The summed E-state index contributed by atoms with van der Waals surface area (Å²) in [5.74, 6) is 2.51. The zero-order valence-electron chi connectivity index (χ0n) is 16.1. The van der Waals surface area contributed by atoms with Crippen LogP contribution in [0.4, 0.5) is 0 Å². The van der Waals surface area contributed by atoms with Gasteiger partial charge < -0.3 is 15.2 Å². The highest BCUT2D eigenvalue weighted by Crippen LogP contribution is 2.05. The molecule has 1 heterocycles. The number of aliphatic imine (C=N–C) groups is 1. The number of hydrogen-bond acceptors (Lipinski definition) is 3. The Kier molecular flexibility index (Phi) is 6.20. The predicted octanol–water partition coefficient (Wildman–Crippen LogP) is 2.87. The lowest BCUT2D eigenvalue weighted by atomic mass is 10.1. The highest BCUT2D eigenvalue weighted by atomic mass is 15.3. The fraction of sp³-hybridized carbons (Fsp3) is 0.286. The first-order valence-electron chi connectivity index (χ1n) is 9.08. The van der Waals surface area contributed by atoms with E-state index in [9.17, 15) is 0 Å². The van der Waals surface area contributed by atoms with Gasteiger partial charge in [-0.1, -0.05) is 60.2 Å². The Bertz CT molecular complexity index is 898. The topological polar surface area (TPSA) is 67.1 Å². The van der Waals surface area contributed by atoms with Gasteiger partial charge in [0.1, 0.15) is 5.82 Å². The molecule has 0 radical (unpaired) electrons. The van der Waals surface area contributed by atoms with E-state index in [4.69, 9.17) is 4.99 Å². The Labute approximate surface area is 160 Å². The standard InChI is InChI=1S/C21H26N6/c1-16-8-7-11-19(12-16)14-23-21(22-13-18-9-5-4-6-10-18)24-15-20-26-25-17(2)27(20)3/h4-12H,13-15H2,1-3H3,(H2,22,23,24). The smallest absolute Gasteiger partial charge is 0.192 e. The molecule has 1 aromatic heterocycles. The van der Waals surface area contributed by atoms with Crippen molar-refractivity contribution in [1.29, 1.82) is 0 Å². The van der Waals surface area contributed by atoms with Gasteiger partial charge in [-0.2, -0.15) is 0 Å². The summed E-state index contributed by atoms with van der Waals surface area (Å²) in [5, 5.41) is 15.1. The number of nitrogens with one attached hydrogen (secondary N) is 2. The lowest BCUT2D eigenvalue weighted by molar-refractivity contribution is 0.714. The summed E-state index contributed by atoms with van der Waals surface area (Å²) in [6.07, 6.45) is 0. The van der Waals surface area contributed by atoms with E-state index in [2.05, 4.69) is 64.2 Å². The highest BCUT2D eigenvalue weighted by molar-refractivity contribution is 5.79. The number of nitrogens with zero attached hydrogens (tertiary/aromatic N) is 4. The van der Waals surface area contributed by atoms with Crippen LogP contribution in [0.2, 0.25) is 0 Å². The van der Waals surface area contributed by atoms with Crippen LogP contribution in [0.1, 0.15) is 28.3 Å². The molecule has 3 rings (SSSR count). The second kappa shape index (κ2) is 8.98. The fourth-order valence-corrected chi connectivity index (χ4v) is 2.70. The fourth-order valence-electron chi connectivity index (χ4n) is 2.70. The van der Waals surface area contributed by atoms with E-state index in [1.165, 1.54) is 16.7 Å². The highest BCUT2D eigenvalue weighted by Gasteiger charge is 2.06. The lowest BCUT2D eigenvalue weighted by Crippen LogP contribution is -2.37. The van der Waals surface area contributed by atoms with Crippen molar-refractivity contribution < 1.29 is 0 Å². The summed E-state index contributed by atoms with van der Waals surface area (Å²) in [7, 11) is 1.97. The summed E-state index contributed by atoms with van der Waals surface area (Å²) in [4.78, 5) is 4.74. The average Bonchev–Trinajstić information content (AvgIpc) is 3.00. The van der Waals surface area contributed by atoms with E-state index in [0.717, 1.165) is 17.6 Å². The third-order valence-electron chi connectivity index (χ3n) is 4.40. The van der Waals surface area contributed by atoms with E-state index in [-0.39, 0.29) is 0 Å². The number of hydrogen-bond donors (Lipinski definition) is 2. The minimum atomic E-state index is 0.561. The van der Waals surface area contributed by atoms with E-state index >= 15 is 0 Å². The van der Waals surface area contributed by atoms with Crippen molar-refractivity contribution in [2.45, 2.75) is 33.5 Å². The van der Waals surface area contributed by atoms with Gasteiger partial charge >= 0.3 is 0 Å². The summed E-state index contributed by atoms with van der Waals surface area (Å²) in [5.41, 5.74) is 3.63. The van der Waals surface area contributed by atoms with E-state index in [1.807, 2.05) is 36.7 Å². The molecule has 0 unspecified atom stereocenters. The maximum Gasteiger partial charge on any atom is 0.192 e. The summed E-state index contributed by atoms with van der Waals surface area (Å²) >= 11 is 0. The second-order valence-electron chi connectivity index (χ2n) is 6.57. The second-order valence-corrected chi connectivity index (χ2v) is 6.57. The molecule has 6 nitrogen and oxygen atoms in total. The largest absolute Gasteiger partial charge is 0.352 e. The van der Waals surface area contributed by atoms with E-state index in [1.54, 1.807) is 0 Å². The molecule has 0 fully saturated rings. The quantitative estimate of drug-likeness (QED) is 0.523. The molecular weight excluding hydrogens is 336 g/mol. The molecule has 0 aliphatic rings. The Balaban J connectivity index is 1.68. The van der Waals surface area contributed by atoms with Gasteiger partial charge in [-0.15, -0.1) is 10.2 Å². The molecule has 2 N–H and O–H groups in total. The Hall–Kier alpha value is -3.15. The molecule has 27 heavy (non-hydrogen) atoms. The van der Waals surface area contributed by atoms with Crippen molar-refractivity contribution in [2.75, 3.05) is 0 Å². The third-order valence-corrected chi connectivity index (χ3v) is 4.40. The predicted molar refractivity (Wildman–Crippen MR) is 108 cm³/mol. The van der Waals surface area contributed by atoms with E-state index < -0.39 is 0 Å². The molecule has 0 aliphatic heterocycles. The SMILES string of the molecule is Cc1cccc(CN=C(NCc2ccccc2)NCc2nnc(C)n2C)c1. The van der Waals surface area contributed by atoms with Gasteiger partial charge in [0, 0.05) is 13.6 Å². The molecule has 0 saturated heterocycles. The molecule has 3 aromatic rings. The number of rotatable bonds is 6. The van der Waals surface area contributed by atoms with Gasteiger partial charge in [-0.25, -0.2) is 4.99 Å². The summed E-state index contributed by atoms with van der Waals surface area (Å²) < 4.78 is 1.97. The Morgan fingerprint density at radius 3 is 2.37 bits per heavy atom. The molecule has 0 atom stereocenters. The molecule has 0 bridgehead atoms. The van der Waals surface area contributed by atoms with Crippen LogP contribution in [0.25, 0.3) is 0 Å². The van der Waals surface area contributed by atoms with Crippen LogP contribution in [0.5, 0.6) is 0 Å². The van der Waals surface area contributed by atoms with Gasteiger partial charge in [-0.05, 0) is 25.0 Å². The van der Waals surface area contributed by atoms with Crippen molar-refractivity contribution in [3.05, 3.63) is 82.9 Å². The summed E-state index contributed by atoms with van der Waals surface area (Å²) in [6.45, 7) is 5.92. The molecule has 140 valence electrons. The maximum atomic E-state index is 4.74. The lowest BCUT2D eigenvalue weighted by Gasteiger charge is -2.13. The van der Waals surface area contributed by atoms with Gasteiger partial charge in [0.15, 0.2) is 11.8 Å². The third kappa shape index (κ3) is 5.41. The van der Waals surface area contributed by atoms with Gasteiger partial charge in [0.05, 0.1) is 13.1 Å². The zero-order chi connectivity index (χ0) is 19.1. The van der Waals surface area contributed by atoms with Crippen LogP contribution < -0.4 is 10.6 Å². The van der Waals surface area contributed by atoms with Crippen molar-refractivity contribution in [2.24, 2.45) is 12.0 Å². The number of aromatic nitrogens is 3. The van der Waals surface area contributed by atoms with Gasteiger partial charge in [0.25, 0.3) is 0 Å². The van der Waals surface area contributed by atoms with Crippen molar-refractivity contribution in [1.82, 2.24) is 25.4 Å². The van der Waals surface area contributed by atoms with Crippen LogP contribution in [0, 0.1) is 13.8 Å². The van der Waals surface area contributed by atoms with Crippen LogP contribution in [0.15, 0.2) is 59.6 Å². The maximum absolute atomic E-state index is 4.74. The first-order valence-corrected chi connectivity index (χ1v) is 9.08. The Morgan fingerprint density at radius 1 is 0.926 bits per heavy atom. The molecule has 0 saturated carbocycles. The van der Waals surface area contributed by atoms with Gasteiger partial charge in [0.2, 0.25) is 0 Å². The summed E-state index contributed by atoms with van der Waals surface area (Å²) in [6, 6.07) is 18.7. The van der Waals surface area contributed by atoms with Crippen LogP contribution >= 0.6 is 0 Å². The number of benzene rings is 2. The molecule has 2 aromatic carbocycles. The molecular formula is C21H26N6. The Morgan fingerprint density at radius 2 is 1.67 bits per heavy atom. The van der Waals surface area contributed by atoms with E-state index in [0.29, 0.717) is 19.6 Å². The van der Waals surface area contributed by atoms with Crippen molar-refractivity contribution in [3.63, 3.8) is 0 Å². The first kappa shape index (κ1) is 18.6. The van der Waals surface area contributed by atoms with Crippen LogP contribution in [-0.4, -0.2) is 20.7 Å². The number of guanidine groups is 1. The minimum Gasteiger partial charge on any atom is -0.352 e. The average molecular weight is 362 g/mol. The number of aryl methyl sites for hydroxylation is 2. The first-order chi connectivity index (χ1) is 13.1. The zero-order valence-corrected chi connectivity index (χ0v) is 16.1. The molecule has 6 heteroatoms. The molecule has 0 amide bonds. The molecule has 0 aliphatic carbocycles. The van der Waals surface area contributed by atoms with Crippen LogP contribution in [-0.2, 0) is 26.7 Å². The van der Waals surface area contributed by atoms with Gasteiger partial charge in [-0.3, -0.25) is 0 Å². The van der Waals surface area contributed by atoms with Crippen molar-refractivity contribution >= 4 is 5.96 Å².